The van der Waals surface area contributed by atoms with Gasteiger partial charge in [-0.15, -0.1) is 10.2 Å². The third-order valence-electron chi connectivity index (χ3n) is 4.65. The van der Waals surface area contributed by atoms with Gasteiger partial charge >= 0.3 is 0 Å². The molecule has 0 bridgehead atoms. The fraction of sp³-hybridized carbons (Fsp3) is 0.786. The van der Waals surface area contributed by atoms with Gasteiger partial charge in [-0.25, -0.2) is 0 Å². The Labute approximate surface area is 122 Å². The van der Waals surface area contributed by atoms with Crippen LogP contribution in [0.2, 0.25) is 0 Å². The van der Waals surface area contributed by atoms with Crippen LogP contribution in [0.1, 0.15) is 55.3 Å². The van der Waals surface area contributed by atoms with Gasteiger partial charge in [0.2, 0.25) is 4.96 Å². The topological polar surface area (TPSA) is 55.1 Å². The van der Waals surface area contributed by atoms with Crippen molar-refractivity contribution in [3.63, 3.8) is 0 Å². The number of hydrogen-bond donors (Lipinski definition) is 1. The van der Waals surface area contributed by atoms with Gasteiger partial charge in [-0.3, -0.25) is 0 Å². The van der Waals surface area contributed by atoms with E-state index in [-0.39, 0.29) is 0 Å². The lowest BCUT2D eigenvalue weighted by Gasteiger charge is -2.18. The minimum absolute atomic E-state index is 0.571. The summed E-state index contributed by atoms with van der Waals surface area (Å²) in [6.45, 7) is 2.29. The lowest BCUT2D eigenvalue weighted by atomic mass is 9.89. The normalized spacial score (nSPS) is 24.7. The van der Waals surface area contributed by atoms with E-state index >= 15 is 0 Å². The molecule has 108 valence electrons. The van der Waals surface area contributed by atoms with Crippen LogP contribution in [0.3, 0.4) is 0 Å². The molecule has 1 unspecified atom stereocenters. The van der Waals surface area contributed by atoms with Crippen LogP contribution in [-0.4, -0.2) is 32.9 Å². The maximum atomic E-state index is 4.79. The van der Waals surface area contributed by atoms with Crippen molar-refractivity contribution in [2.45, 2.75) is 50.9 Å². The quantitative estimate of drug-likeness (QED) is 0.943. The summed E-state index contributed by atoms with van der Waals surface area (Å²) in [6.07, 6.45) is 8.88. The second-order valence-corrected chi connectivity index (χ2v) is 7.19. The van der Waals surface area contributed by atoms with Gasteiger partial charge in [-0.1, -0.05) is 30.6 Å². The van der Waals surface area contributed by atoms with Gasteiger partial charge in [0.05, 0.1) is 0 Å². The average molecular weight is 291 g/mol. The van der Waals surface area contributed by atoms with Crippen LogP contribution in [0.15, 0.2) is 0 Å². The van der Waals surface area contributed by atoms with Crippen LogP contribution in [0.4, 0.5) is 0 Å². The van der Waals surface area contributed by atoms with Crippen molar-refractivity contribution in [3.05, 3.63) is 10.8 Å². The fourth-order valence-electron chi connectivity index (χ4n) is 3.51. The molecule has 0 spiro atoms. The molecule has 6 heteroatoms. The van der Waals surface area contributed by atoms with Gasteiger partial charge in [0.1, 0.15) is 5.01 Å². The smallest absolute Gasteiger partial charge is 0.234 e. The molecule has 1 aliphatic heterocycles. The Balaban J connectivity index is 1.57. The Hall–Kier alpha value is -1.01. The zero-order valence-corrected chi connectivity index (χ0v) is 12.5. The monoisotopic (exact) mass is 291 g/mol. The number of rotatable bonds is 3. The van der Waals surface area contributed by atoms with Crippen LogP contribution in [0.25, 0.3) is 4.96 Å². The lowest BCUT2D eigenvalue weighted by molar-refractivity contribution is 0.422. The molecule has 4 rings (SSSR count). The molecule has 2 aliphatic rings. The molecule has 0 aromatic carbocycles. The van der Waals surface area contributed by atoms with Crippen molar-refractivity contribution in [2.75, 3.05) is 13.1 Å². The Morgan fingerprint density at radius 2 is 2.05 bits per heavy atom. The Kier molecular flexibility index (Phi) is 3.44. The molecule has 0 amide bonds. The summed E-state index contributed by atoms with van der Waals surface area (Å²) in [6, 6.07) is 0. The van der Waals surface area contributed by atoms with Gasteiger partial charge in [0, 0.05) is 12.3 Å². The highest BCUT2D eigenvalue weighted by Gasteiger charge is 2.24. The maximum Gasteiger partial charge on any atom is 0.234 e. The van der Waals surface area contributed by atoms with E-state index in [4.69, 9.17) is 5.10 Å². The largest absolute Gasteiger partial charge is 0.316 e. The van der Waals surface area contributed by atoms with Crippen molar-refractivity contribution >= 4 is 16.3 Å². The molecule has 1 aliphatic carbocycles. The average Bonchev–Trinajstić information content (AvgIpc) is 3.17. The molecule has 0 radical (unpaired) electrons. The lowest BCUT2D eigenvalue weighted by Crippen LogP contribution is -2.11. The molecule has 1 atom stereocenters. The van der Waals surface area contributed by atoms with E-state index in [1.807, 2.05) is 4.52 Å². The molecule has 1 saturated carbocycles. The first-order chi connectivity index (χ1) is 9.90. The first-order valence-corrected chi connectivity index (χ1v) is 8.63. The van der Waals surface area contributed by atoms with E-state index in [0.717, 1.165) is 36.2 Å². The highest BCUT2D eigenvalue weighted by atomic mass is 32.1. The van der Waals surface area contributed by atoms with Gasteiger partial charge in [-0.2, -0.15) is 9.61 Å². The second kappa shape index (κ2) is 5.41. The zero-order chi connectivity index (χ0) is 13.4. The van der Waals surface area contributed by atoms with E-state index in [1.165, 1.54) is 43.5 Å². The van der Waals surface area contributed by atoms with Gasteiger partial charge in [0.25, 0.3) is 0 Å². The maximum absolute atomic E-state index is 4.79. The van der Waals surface area contributed by atoms with Gasteiger partial charge in [0.15, 0.2) is 5.82 Å². The van der Waals surface area contributed by atoms with Crippen molar-refractivity contribution in [2.24, 2.45) is 5.92 Å². The number of fused-ring (bicyclic) bond motifs is 1. The van der Waals surface area contributed by atoms with Crippen molar-refractivity contribution in [3.8, 4) is 0 Å². The highest BCUT2D eigenvalue weighted by Crippen LogP contribution is 2.32. The SMILES string of the molecule is C1CCC(c2nnc3sc(CC4CCNC4)nn23)CC1. The van der Waals surface area contributed by atoms with Crippen molar-refractivity contribution in [1.82, 2.24) is 25.1 Å². The highest BCUT2D eigenvalue weighted by molar-refractivity contribution is 7.16. The minimum atomic E-state index is 0.571. The first kappa shape index (κ1) is 12.7. The fourth-order valence-corrected chi connectivity index (χ4v) is 4.46. The number of hydrogen-bond acceptors (Lipinski definition) is 5. The number of aromatic nitrogens is 4. The molecular formula is C14H21N5S. The Morgan fingerprint density at radius 1 is 1.15 bits per heavy atom. The Morgan fingerprint density at radius 3 is 2.85 bits per heavy atom. The van der Waals surface area contributed by atoms with E-state index in [0.29, 0.717) is 5.92 Å². The summed E-state index contributed by atoms with van der Waals surface area (Å²) < 4.78 is 2.03. The van der Waals surface area contributed by atoms with Crippen LogP contribution < -0.4 is 5.32 Å². The summed E-state index contributed by atoms with van der Waals surface area (Å²) in [4.78, 5) is 0.978. The Bertz CT molecular complexity index is 577. The van der Waals surface area contributed by atoms with Crippen LogP contribution in [0.5, 0.6) is 0 Å². The molecule has 1 N–H and O–H groups in total. The zero-order valence-electron chi connectivity index (χ0n) is 11.7. The van der Waals surface area contributed by atoms with Crippen molar-refractivity contribution < 1.29 is 0 Å². The van der Waals surface area contributed by atoms with E-state index < -0.39 is 0 Å². The van der Waals surface area contributed by atoms with Crippen molar-refractivity contribution in [1.29, 1.82) is 0 Å². The van der Waals surface area contributed by atoms with E-state index in [1.54, 1.807) is 11.3 Å². The summed E-state index contributed by atoms with van der Waals surface area (Å²) >= 11 is 1.72. The minimum Gasteiger partial charge on any atom is -0.316 e. The standard InChI is InChI=1S/C14H21N5S/c1-2-4-11(5-3-1)13-16-17-14-19(13)18-12(20-14)8-10-6-7-15-9-10/h10-11,15H,1-9H2. The third-order valence-corrected chi connectivity index (χ3v) is 5.57. The molecule has 1 saturated heterocycles. The summed E-state index contributed by atoms with van der Waals surface area (Å²) in [5.41, 5.74) is 0. The van der Waals surface area contributed by atoms with Crippen LogP contribution in [0, 0.1) is 5.92 Å². The van der Waals surface area contributed by atoms with Gasteiger partial charge < -0.3 is 5.32 Å². The summed E-state index contributed by atoms with van der Waals surface area (Å²) in [5, 5.41) is 18.2. The van der Waals surface area contributed by atoms with Gasteiger partial charge in [-0.05, 0) is 38.3 Å². The van der Waals surface area contributed by atoms with E-state index in [9.17, 15) is 0 Å². The molecule has 5 nitrogen and oxygen atoms in total. The molecular weight excluding hydrogens is 270 g/mol. The molecule has 2 aromatic heterocycles. The predicted octanol–water partition coefficient (Wildman–Crippen LogP) is 2.39. The summed E-state index contributed by atoms with van der Waals surface area (Å²) in [5.74, 6) is 2.42. The first-order valence-electron chi connectivity index (χ1n) is 7.82. The number of nitrogens with one attached hydrogen (secondary N) is 1. The summed E-state index contributed by atoms with van der Waals surface area (Å²) in [7, 11) is 0. The van der Waals surface area contributed by atoms with Crippen LogP contribution >= 0.6 is 11.3 Å². The second-order valence-electron chi connectivity index (χ2n) is 6.15. The molecule has 2 aromatic rings. The molecule has 20 heavy (non-hydrogen) atoms. The molecule has 2 fully saturated rings. The third kappa shape index (κ3) is 2.35. The molecule has 3 heterocycles. The van der Waals surface area contributed by atoms with Crippen LogP contribution in [-0.2, 0) is 6.42 Å². The predicted molar refractivity (Wildman–Crippen MR) is 79.2 cm³/mol. The van der Waals surface area contributed by atoms with E-state index in [2.05, 4.69) is 15.5 Å². The number of nitrogens with zero attached hydrogens (tertiary/aromatic N) is 4.